The van der Waals surface area contributed by atoms with Crippen LogP contribution >= 0.6 is 11.6 Å². The standard InChI is InChI=1S/C22H18ClN3O2/c1-28-17-11-12-18(19(27)13-17)22-25-20(14-5-3-2-4-6-14)24-21(26-22)15-7-9-16(23)10-8-15/h2-10,13,27H,11-12H2,1H3. The molecule has 4 rings (SSSR count). The van der Waals surface area contributed by atoms with Gasteiger partial charge in [0.1, 0.15) is 5.76 Å². The lowest BCUT2D eigenvalue weighted by Crippen LogP contribution is -2.07. The van der Waals surface area contributed by atoms with Gasteiger partial charge in [0.05, 0.1) is 12.9 Å². The third-order valence-corrected chi connectivity index (χ3v) is 4.78. The van der Waals surface area contributed by atoms with Gasteiger partial charge in [0.2, 0.25) is 0 Å². The zero-order chi connectivity index (χ0) is 19.5. The first-order chi connectivity index (χ1) is 13.6. The molecule has 5 nitrogen and oxygen atoms in total. The van der Waals surface area contributed by atoms with Crippen LogP contribution in [0.1, 0.15) is 18.7 Å². The number of ether oxygens (including phenoxy) is 1. The normalized spacial score (nSPS) is 14.0. The van der Waals surface area contributed by atoms with Gasteiger partial charge in [-0.25, -0.2) is 15.0 Å². The Morgan fingerprint density at radius 2 is 1.43 bits per heavy atom. The van der Waals surface area contributed by atoms with Crippen molar-refractivity contribution in [1.29, 1.82) is 0 Å². The Hall–Kier alpha value is -3.18. The molecule has 1 aromatic heterocycles. The van der Waals surface area contributed by atoms with E-state index < -0.39 is 0 Å². The van der Waals surface area contributed by atoms with Crippen molar-refractivity contribution >= 4 is 17.2 Å². The zero-order valence-electron chi connectivity index (χ0n) is 15.3. The number of hydrogen-bond donors (Lipinski definition) is 1. The topological polar surface area (TPSA) is 68.1 Å². The Morgan fingerprint density at radius 1 is 0.821 bits per heavy atom. The number of rotatable bonds is 4. The molecule has 0 bridgehead atoms. The molecule has 0 fully saturated rings. The minimum atomic E-state index is 0.121. The molecule has 28 heavy (non-hydrogen) atoms. The lowest BCUT2D eigenvalue weighted by molar-refractivity contribution is 0.271. The Labute approximate surface area is 168 Å². The van der Waals surface area contributed by atoms with Crippen LogP contribution < -0.4 is 0 Å². The van der Waals surface area contributed by atoms with Gasteiger partial charge < -0.3 is 9.84 Å². The van der Waals surface area contributed by atoms with Crippen LogP contribution in [0.3, 0.4) is 0 Å². The highest BCUT2D eigenvalue weighted by atomic mass is 35.5. The van der Waals surface area contributed by atoms with E-state index in [4.69, 9.17) is 16.3 Å². The van der Waals surface area contributed by atoms with Gasteiger partial charge in [-0.2, -0.15) is 0 Å². The quantitative estimate of drug-likeness (QED) is 0.640. The van der Waals surface area contributed by atoms with Crippen molar-refractivity contribution in [2.75, 3.05) is 7.11 Å². The van der Waals surface area contributed by atoms with E-state index in [0.29, 0.717) is 40.9 Å². The number of aromatic nitrogens is 3. The van der Waals surface area contributed by atoms with Crippen molar-refractivity contribution in [2.45, 2.75) is 12.8 Å². The fourth-order valence-electron chi connectivity index (χ4n) is 3.03. The average Bonchev–Trinajstić information content (AvgIpc) is 2.74. The smallest absolute Gasteiger partial charge is 0.164 e. The van der Waals surface area contributed by atoms with Crippen molar-refractivity contribution < 1.29 is 9.84 Å². The van der Waals surface area contributed by atoms with E-state index in [1.165, 1.54) is 0 Å². The number of aliphatic hydroxyl groups excluding tert-OH is 1. The van der Waals surface area contributed by atoms with Crippen LogP contribution in [0.25, 0.3) is 28.3 Å². The fourth-order valence-corrected chi connectivity index (χ4v) is 3.16. The van der Waals surface area contributed by atoms with Crippen molar-refractivity contribution in [3.8, 4) is 22.8 Å². The maximum Gasteiger partial charge on any atom is 0.164 e. The van der Waals surface area contributed by atoms with Crippen molar-refractivity contribution in [3.63, 3.8) is 0 Å². The van der Waals surface area contributed by atoms with E-state index in [1.807, 2.05) is 42.5 Å². The highest BCUT2D eigenvalue weighted by Gasteiger charge is 2.20. The second kappa shape index (κ2) is 7.82. The first kappa shape index (κ1) is 18.2. The summed E-state index contributed by atoms with van der Waals surface area (Å²) in [5.74, 6) is 2.40. The monoisotopic (exact) mass is 391 g/mol. The average molecular weight is 392 g/mol. The molecular formula is C22H18ClN3O2. The van der Waals surface area contributed by atoms with Crippen LogP contribution in [0.2, 0.25) is 5.02 Å². The van der Waals surface area contributed by atoms with Crippen LogP contribution in [0.5, 0.6) is 0 Å². The minimum absolute atomic E-state index is 0.121. The molecule has 0 saturated heterocycles. The number of nitrogens with zero attached hydrogens (tertiary/aromatic N) is 3. The van der Waals surface area contributed by atoms with E-state index in [0.717, 1.165) is 16.9 Å². The van der Waals surface area contributed by atoms with E-state index in [-0.39, 0.29) is 5.76 Å². The molecule has 3 aromatic rings. The number of halogens is 1. The summed E-state index contributed by atoms with van der Waals surface area (Å²) in [5, 5.41) is 11.1. The van der Waals surface area contributed by atoms with Crippen LogP contribution in [-0.2, 0) is 4.74 Å². The van der Waals surface area contributed by atoms with Gasteiger partial charge in [-0.05, 0) is 30.7 Å². The summed E-state index contributed by atoms with van der Waals surface area (Å²) in [7, 11) is 1.60. The van der Waals surface area contributed by atoms with Crippen LogP contribution in [0, 0.1) is 0 Å². The number of benzene rings is 2. The predicted octanol–water partition coefficient (Wildman–Crippen LogP) is 5.45. The van der Waals surface area contributed by atoms with Gasteiger partial charge in [0.15, 0.2) is 17.5 Å². The van der Waals surface area contributed by atoms with E-state index in [9.17, 15) is 5.11 Å². The Balaban J connectivity index is 1.88. The van der Waals surface area contributed by atoms with Crippen molar-refractivity contribution in [2.24, 2.45) is 0 Å². The number of allylic oxidation sites excluding steroid dienone is 3. The predicted molar refractivity (Wildman–Crippen MR) is 110 cm³/mol. The second-order valence-electron chi connectivity index (χ2n) is 6.36. The molecule has 0 aliphatic heterocycles. The maximum atomic E-state index is 10.5. The first-order valence-electron chi connectivity index (χ1n) is 8.88. The third-order valence-electron chi connectivity index (χ3n) is 4.53. The summed E-state index contributed by atoms with van der Waals surface area (Å²) < 4.78 is 5.24. The van der Waals surface area contributed by atoms with E-state index in [2.05, 4.69) is 15.0 Å². The summed E-state index contributed by atoms with van der Waals surface area (Å²) in [6.45, 7) is 0. The van der Waals surface area contributed by atoms with Gasteiger partial charge in [-0.3, -0.25) is 0 Å². The van der Waals surface area contributed by atoms with E-state index >= 15 is 0 Å². The van der Waals surface area contributed by atoms with Gasteiger partial charge in [-0.15, -0.1) is 0 Å². The SMILES string of the molecule is COC1=CC(O)=C(c2nc(-c3ccccc3)nc(-c3ccc(Cl)cc3)n2)CC1. The lowest BCUT2D eigenvalue weighted by Gasteiger charge is -2.16. The van der Waals surface area contributed by atoms with Gasteiger partial charge in [-0.1, -0.05) is 41.9 Å². The number of aliphatic hydroxyl groups is 1. The summed E-state index contributed by atoms with van der Waals surface area (Å²) >= 11 is 6.01. The van der Waals surface area contributed by atoms with E-state index in [1.54, 1.807) is 25.3 Å². The molecule has 0 unspecified atom stereocenters. The molecule has 1 aliphatic rings. The summed E-state index contributed by atoms with van der Waals surface area (Å²) in [6, 6.07) is 17.0. The van der Waals surface area contributed by atoms with Crippen LogP contribution in [0.15, 0.2) is 72.2 Å². The number of methoxy groups -OCH3 is 1. The zero-order valence-corrected chi connectivity index (χ0v) is 16.0. The number of hydrogen-bond acceptors (Lipinski definition) is 5. The molecule has 6 heteroatoms. The summed E-state index contributed by atoms with van der Waals surface area (Å²) in [4.78, 5) is 13.9. The molecule has 0 spiro atoms. The molecule has 0 atom stereocenters. The molecule has 2 aromatic carbocycles. The molecule has 1 heterocycles. The van der Waals surface area contributed by atoms with Crippen molar-refractivity contribution in [1.82, 2.24) is 15.0 Å². The first-order valence-corrected chi connectivity index (χ1v) is 9.26. The Bertz CT molecular complexity index is 1060. The highest BCUT2D eigenvalue weighted by molar-refractivity contribution is 6.30. The maximum absolute atomic E-state index is 10.5. The summed E-state index contributed by atoms with van der Waals surface area (Å²) in [6.07, 6.45) is 2.88. The molecule has 1 N–H and O–H groups in total. The van der Waals surface area contributed by atoms with Gasteiger partial charge in [0.25, 0.3) is 0 Å². The lowest BCUT2D eigenvalue weighted by atomic mass is 10.0. The molecule has 0 amide bonds. The second-order valence-corrected chi connectivity index (χ2v) is 6.79. The third kappa shape index (κ3) is 3.75. The Kier molecular flexibility index (Phi) is 5.08. The summed E-state index contributed by atoms with van der Waals surface area (Å²) in [5.41, 5.74) is 2.38. The largest absolute Gasteiger partial charge is 0.507 e. The van der Waals surface area contributed by atoms with Gasteiger partial charge in [0, 0.05) is 34.2 Å². The van der Waals surface area contributed by atoms with Crippen molar-refractivity contribution in [3.05, 3.63) is 83.0 Å². The Morgan fingerprint density at radius 3 is 2.04 bits per heavy atom. The molecule has 0 saturated carbocycles. The van der Waals surface area contributed by atoms with Crippen LogP contribution in [-0.4, -0.2) is 27.2 Å². The fraction of sp³-hybridized carbons (Fsp3) is 0.136. The molecule has 1 aliphatic carbocycles. The molecule has 0 radical (unpaired) electrons. The molecule has 140 valence electrons. The van der Waals surface area contributed by atoms with Crippen LogP contribution in [0.4, 0.5) is 0 Å². The highest BCUT2D eigenvalue weighted by Crippen LogP contribution is 2.31. The minimum Gasteiger partial charge on any atom is -0.507 e. The molecular weight excluding hydrogens is 374 g/mol. The van der Waals surface area contributed by atoms with Gasteiger partial charge >= 0.3 is 0 Å².